The van der Waals surface area contributed by atoms with Crippen molar-refractivity contribution in [2.75, 3.05) is 19.7 Å². The minimum Gasteiger partial charge on any atom is -0.396 e. The molecule has 0 aliphatic rings. The molecule has 0 saturated heterocycles. The Labute approximate surface area is 139 Å². The van der Waals surface area contributed by atoms with Crippen molar-refractivity contribution in [3.63, 3.8) is 0 Å². The number of rotatable bonds is 9. The minimum absolute atomic E-state index is 0.211. The molecule has 130 valence electrons. The third-order valence-corrected chi connectivity index (χ3v) is 3.58. The van der Waals surface area contributed by atoms with Crippen LogP contribution in [0.2, 0.25) is 0 Å². The summed E-state index contributed by atoms with van der Waals surface area (Å²) in [6, 6.07) is 6.39. The smallest absolute Gasteiger partial charge is 0.191 e. The van der Waals surface area contributed by atoms with Crippen LogP contribution in [0.1, 0.15) is 39.2 Å². The molecule has 1 aromatic rings. The minimum atomic E-state index is -0.233. The van der Waals surface area contributed by atoms with E-state index in [-0.39, 0.29) is 12.4 Å². The van der Waals surface area contributed by atoms with Crippen LogP contribution in [-0.2, 0) is 6.54 Å². The molecule has 0 spiro atoms. The van der Waals surface area contributed by atoms with Crippen LogP contribution in [-0.4, -0.2) is 30.8 Å². The first kappa shape index (κ1) is 19.4. The number of hydrogen-bond donors (Lipinski definition) is 3. The fraction of sp³-hybridized carbons (Fsp3) is 0.611. The van der Waals surface area contributed by atoms with Crippen LogP contribution in [0.25, 0.3) is 0 Å². The summed E-state index contributed by atoms with van der Waals surface area (Å²) in [7, 11) is 0. The van der Waals surface area contributed by atoms with E-state index in [1.165, 1.54) is 12.1 Å². The Bertz CT molecular complexity index is 460. The first-order valence-corrected chi connectivity index (χ1v) is 8.42. The van der Waals surface area contributed by atoms with Crippen LogP contribution in [0.4, 0.5) is 4.39 Å². The number of nitrogens with zero attached hydrogens (tertiary/aromatic N) is 1. The van der Waals surface area contributed by atoms with Gasteiger partial charge in [0.1, 0.15) is 5.82 Å². The topological polar surface area (TPSA) is 56.7 Å². The van der Waals surface area contributed by atoms with E-state index in [1.807, 2.05) is 6.92 Å². The maximum absolute atomic E-state index is 12.9. The van der Waals surface area contributed by atoms with Gasteiger partial charge < -0.3 is 15.7 Å². The molecule has 1 unspecified atom stereocenters. The maximum atomic E-state index is 12.9. The van der Waals surface area contributed by atoms with Crippen molar-refractivity contribution in [1.29, 1.82) is 0 Å². The predicted octanol–water partition coefficient (Wildman–Crippen LogP) is 2.93. The zero-order valence-corrected chi connectivity index (χ0v) is 14.5. The highest BCUT2D eigenvalue weighted by molar-refractivity contribution is 5.79. The number of aliphatic hydroxyl groups excluding tert-OH is 1. The van der Waals surface area contributed by atoms with E-state index in [2.05, 4.69) is 29.5 Å². The van der Waals surface area contributed by atoms with Gasteiger partial charge in [-0.05, 0) is 49.3 Å². The van der Waals surface area contributed by atoms with Gasteiger partial charge in [0, 0.05) is 19.7 Å². The van der Waals surface area contributed by atoms with E-state index in [0.717, 1.165) is 37.5 Å². The third-order valence-electron chi connectivity index (χ3n) is 3.58. The quantitative estimate of drug-likeness (QED) is 0.484. The number of aliphatic hydroxyl groups is 1. The zero-order valence-electron chi connectivity index (χ0n) is 14.5. The van der Waals surface area contributed by atoms with Crippen molar-refractivity contribution in [3.8, 4) is 0 Å². The molecule has 0 fully saturated rings. The van der Waals surface area contributed by atoms with E-state index in [1.54, 1.807) is 12.1 Å². The van der Waals surface area contributed by atoms with Crippen LogP contribution in [0.5, 0.6) is 0 Å². The molecule has 0 bridgehead atoms. The Morgan fingerprint density at radius 3 is 2.48 bits per heavy atom. The fourth-order valence-corrected chi connectivity index (χ4v) is 2.50. The monoisotopic (exact) mass is 323 g/mol. The largest absolute Gasteiger partial charge is 0.396 e. The average molecular weight is 323 g/mol. The van der Waals surface area contributed by atoms with Gasteiger partial charge in [0.05, 0.1) is 6.54 Å². The first-order valence-electron chi connectivity index (χ1n) is 8.42. The number of benzene rings is 1. The molecule has 5 heteroatoms. The second-order valence-electron chi connectivity index (χ2n) is 6.21. The Morgan fingerprint density at radius 1 is 1.22 bits per heavy atom. The molecule has 1 rings (SSSR count). The Hall–Kier alpha value is -1.62. The highest BCUT2D eigenvalue weighted by atomic mass is 19.1. The second kappa shape index (κ2) is 11.0. The summed E-state index contributed by atoms with van der Waals surface area (Å²) in [4.78, 5) is 4.53. The third kappa shape index (κ3) is 8.55. The van der Waals surface area contributed by atoms with E-state index in [9.17, 15) is 9.50 Å². The molecule has 1 aromatic carbocycles. The summed E-state index contributed by atoms with van der Waals surface area (Å²) < 4.78 is 12.9. The number of hydrogen-bond acceptors (Lipinski definition) is 2. The van der Waals surface area contributed by atoms with Crippen LogP contribution in [0.3, 0.4) is 0 Å². The van der Waals surface area contributed by atoms with Crippen molar-refractivity contribution in [1.82, 2.24) is 10.6 Å². The molecule has 0 amide bonds. The second-order valence-corrected chi connectivity index (χ2v) is 6.21. The van der Waals surface area contributed by atoms with E-state index < -0.39 is 0 Å². The molecular formula is C18H30FN3O. The Balaban J connectivity index is 2.58. The summed E-state index contributed by atoms with van der Waals surface area (Å²) in [6.07, 6.45) is 1.87. The maximum Gasteiger partial charge on any atom is 0.191 e. The Kier molecular flexibility index (Phi) is 9.29. The van der Waals surface area contributed by atoms with E-state index >= 15 is 0 Å². The molecule has 0 aliphatic heterocycles. The number of halogens is 1. The highest BCUT2D eigenvalue weighted by Crippen LogP contribution is 2.14. The molecule has 23 heavy (non-hydrogen) atoms. The summed E-state index contributed by atoms with van der Waals surface area (Å²) in [5, 5.41) is 15.8. The molecular weight excluding hydrogens is 293 g/mol. The van der Waals surface area contributed by atoms with Gasteiger partial charge in [0.15, 0.2) is 5.96 Å². The Morgan fingerprint density at radius 2 is 1.91 bits per heavy atom. The summed E-state index contributed by atoms with van der Waals surface area (Å²) in [5.74, 6) is 1.55. The average Bonchev–Trinajstić information content (AvgIpc) is 2.51. The highest BCUT2D eigenvalue weighted by Gasteiger charge is 2.11. The van der Waals surface area contributed by atoms with E-state index in [4.69, 9.17) is 0 Å². The number of nitrogens with one attached hydrogen (secondary N) is 2. The molecule has 4 nitrogen and oxygen atoms in total. The molecule has 0 aliphatic carbocycles. The molecule has 0 radical (unpaired) electrons. The zero-order chi connectivity index (χ0) is 17.1. The van der Waals surface area contributed by atoms with Crippen LogP contribution < -0.4 is 10.6 Å². The molecule has 1 atom stereocenters. The molecule has 0 saturated carbocycles. The van der Waals surface area contributed by atoms with Gasteiger partial charge >= 0.3 is 0 Å². The molecule has 3 N–H and O–H groups in total. The van der Waals surface area contributed by atoms with Crippen molar-refractivity contribution >= 4 is 5.96 Å². The van der Waals surface area contributed by atoms with Crippen LogP contribution in [0, 0.1) is 17.7 Å². The van der Waals surface area contributed by atoms with Gasteiger partial charge in [0.2, 0.25) is 0 Å². The van der Waals surface area contributed by atoms with Gasteiger partial charge in [-0.1, -0.05) is 26.0 Å². The fourth-order valence-electron chi connectivity index (χ4n) is 2.50. The first-order chi connectivity index (χ1) is 11.0. The van der Waals surface area contributed by atoms with Gasteiger partial charge in [-0.15, -0.1) is 0 Å². The number of aliphatic imine (C=N–C) groups is 1. The number of guanidine groups is 1. The van der Waals surface area contributed by atoms with E-state index in [0.29, 0.717) is 18.4 Å². The summed E-state index contributed by atoms with van der Waals surface area (Å²) in [6.45, 7) is 8.69. The standard InChI is InChI=1S/C18H30FN3O/c1-4-20-18(21-12-15-5-7-17(19)8-6-15)22-13-16(9-10-23)11-14(2)3/h5-8,14,16,23H,4,9-13H2,1-3H3,(H2,20,21,22). The summed E-state index contributed by atoms with van der Waals surface area (Å²) >= 11 is 0. The molecule has 0 heterocycles. The molecule has 0 aromatic heterocycles. The normalized spacial score (nSPS) is 13.2. The van der Waals surface area contributed by atoms with Crippen molar-refractivity contribution in [2.45, 2.75) is 40.2 Å². The van der Waals surface area contributed by atoms with Crippen molar-refractivity contribution in [2.24, 2.45) is 16.8 Å². The lowest BCUT2D eigenvalue weighted by Crippen LogP contribution is -2.40. The van der Waals surface area contributed by atoms with Gasteiger partial charge in [-0.2, -0.15) is 0 Å². The lowest BCUT2D eigenvalue weighted by molar-refractivity contribution is 0.243. The predicted molar refractivity (Wildman–Crippen MR) is 93.9 cm³/mol. The van der Waals surface area contributed by atoms with Gasteiger partial charge in [0.25, 0.3) is 0 Å². The van der Waals surface area contributed by atoms with Crippen molar-refractivity contribution in [3.05, 3.63) is 35.6 Å². The SMILES string of the molecule is CCNC(=NCc1ccc(F)cc1)NCC(CCO)CC(C)C. The van der Waals surface area contributed by atoms with Gasteiger partial charge in [-0.3, -0.25) is 0 Å². The summed E-state index contributed by atoms with van der Waals surface area (Å²) in [5.41, 5.74) is 0.970. The van der Waals surface area contributed by atoms with Crippen LogP contribution >= 0.6 is 0 Å². The van der Waals surface area contributed by atoms with Gasteiger partial charge in [-0.25, -0.2) is 9.38 Å². The lowest BCUT2D eigenvalue weighted by atomic mass is 9.94. The van der Waals surface area contributed by atoms with Crippen LogP contribution in [0.15, 0.2) is 29.3 Å². The lowest BCUT2D eigenvalue weighted by Gasteiger charge is -2.20. The van der Waals surface area contributed by atoms with Crippen molar-refractivity contribution < 1.29 is 9.50 Å².